The van der Waals surface area contributed by atoms with Crippen LogP contribution in [0.15, 0.2) is 12.2 Å². The summed E-state index contributed by atoms with van der Waals surface area (Å²) < 4.78 is 0. The van der Waals surface area contributed by atoms with E-state index in [1.165, 1.54) is 128 Å². The molecular weight excluding hydrogens is 498 g/mol. The van der Waals surface area contributed by atoms with Gasteiger partial charge in [0.2, 0.25) is 5.91 Å². The summed E-state index contributed by atoms with van der Waals surface area (Å²) in [6.45, 7) is 4.17. The van der Waals surface area contributed by atoms with Gasteiger partial charge in [0.25, 0.3) is 0 Å². The molecule has 3 unspecified atom stereocenters. The third-order valence-corrected chi connectivity index (χ3v) is 8.07. The zero-order valence-electron chi connectivity index (χ0n) is 26.7. The van der Waals surface area contributed by atoms with Crippen LogP contribution in [0.25, 0.3) is 0 Å². The molecule has 0 fully saturated rings. The Hall–Kier alpha value is -0.910. The fourth-order valence-electron chi connectivity index (χ4n) is 5.34. The van der Waals surface area contributed by atoms with E-state index < -0.39 is 18.2 Å². The van der Waals surface area contributed by atoms with E-state index in [1.54, 1.807) is 6.08 Å². The minimum absolute atomic E-state index is 0.0176. The average Bonchev–Trinajstić information content (AvgIpc) is 2.94. The Morgan fingerprint density at radius 2 is 1.02 bits per heavy atom. The van der Waals surface area contributed by atoms with Crippen molar-refractivity contribution in [2.24, 2.45) is 0 Å². The molecule has 0 saturated carbocycles. The summed E-state index contributed by atoms with van der Waals surface area (Å²) in [4.78, 5) is 12.3. The summed E-state index contributed by atoms with van der Waals surface area (Å²) in [5.74, 6) is -0.317. The van der Waals surface area contributed by atoms with Crippen molar-refractivity contribution < 1.29 is 20.1 Å². The summed E-state index contributed by atoms with van der Waals surface area (Å²) >= 11 is 0. The first-order chi connectivity index (χ1) is 19.5. The Morgan fingerprint density at radius 3 is 1.45 bits per heavy atom. The van der Waals surface area contributed by atoms with Crippen LogP contribution < -0.4 is 5.32 Å². The number of rotatable bonds is 31. The van der Waals surface area contributed by atoms with E-state index in [1.807, 2.05) is 6.08 Å². The van der Waals surface area contributed by atoms with Crippen molar-refractivity contribution in [2.75, 3.05) is 6.61 Å². The van der Waals surface area contributed by atoms with Gasteiger partial charge in [-0.2, -0.15) is 0 Å². The lowest BCUT2D eigenvalue weighted by Crippen LogP contribution is -2.45. The first-order valence-corrected chi connectivity index (χ1v) is 17.5. The Labute approximate surface area is 249 Å². The number of hydrogen-bond donors (Lipinski definition) is 4. The van der Waals surface area contributed by atoms with E-state index in [2.05, 4.69) is 19.2 Å². The van der Waals surface area contributed by atoms with E-state index in [0.29, 0.717) is 6.42 Å². The highest BCUT2D eigenvalue weighted by atomic mass is 16.3. The van der Waals surface area contributed by atoms with Gasteiger partial charge in [0.05, 0.1) is 31.3 Å². The van der Waals surface area contributed by atoms with Gasteiger partial charge in [-0.25, -0.2) is 0 Å². The average molecular weight is 568 g/mol. The van der Waals surface area contributed by atoms with Crippen LogP contribution >= 0.6 is 0 Å². The molecule has 0 aromatic carbocycles. The molecule has 0 saturated heterocycles. The van der Waals surface area contributed by atoms with Crippen LogP contribution in [0.2, 0.25) is 0 Å². The normalized spacial score (nSPS) is 14.0. The van der Waals surface area contributed by atoms with Crippen molar-refractivity contribution in [1.29, 1.82) is 0 Å². The van der Waals surface area contributed by atoms with Crippen LogP contribution in [0.4, 0.5) is 0 Å². The molecular formula is C35H69NO4. The Kier molecular flexibility index (Phi) is 30.3. The fraction of sp³-hybridized carbons (Fsp3) is 0.914. The lowest BCUT2D eigenvalue weighted by molar-refractivity contribution is -0.124. The van der Waals surface area contributed by atoms with Gasteiger partial charge in [-0.3, -0.25) is 4.79 Å². The van der Waals surface area contributed by atoms with Gasteiger partial charge in [0, 0.05) is 0 Å². The molecule has 5 nitrogen and oxygen atoms in total. The molecule has 0 heterocycles. The quantitative estimate of drug-likeness (QED) is 0.0497. The van der Waals surface area contributed by atoms with Crippen LogP contribution in [0.1, 0.15) is 181 Å². The molecule has 0 spiro atoms. The predicted octanol–water partition coefficient (Wildman–Crippen LogP) is 8.92. The molecule has 0 aromatic heterocycles. The SMILES string of the molecule is CCCCCCCCC/C=C/C(O)C(CO)NC(=O)CC(O)CCCCCCCCCCCCCCCCCC. The summed E-state index contributed by atoms with van der Waals surface area (Å²) in [6.07, 6.45) is 33.4. The number of amides is 1. The van der Waals surface area contributed by atoms with Crippen molar-refractivity contribution in [2.45, 2.75) is 199 Å². The molecule has 5 heteroatoms. The monoisotopic (exact) mass is 568 g/mol. The van der Waals surface area contributed by atoms with Crippen LogP contribution in [0.5, 0.6) is 0 Å². The van der Waals surface area contributed by atoms with Gasteiger partial charge in [0.1, 0.15) is 0 Å². The Morgan fingerprint density at radius 1 is 0.625 bits per heavy atom. The molecule has 0 aliphatic rings. The Bertz CT molecular complexity index is 554. The molecule has 0 rings (SSSR count). The second-order valence-corrected chi connectivity index (χ2v) is 12.1. The maximum absolute atomic E-state index is 12.3. The van der Waals surface area contributed by atoms with E-state index >= 15 is 0 Å². The summed E-state index contributed by atoms with van der Waals surface area (Å²) in [7, 11) is 0. The largest absolute Gasteiger partial charge is 0.394 e. The number of hydrogen-bond acceptors (Lipinski definition) is 4. The third kappa shape index (κ3) is 27.3. The molecule has 0 aliphatic carbocycles. The standard InChI is InChI=1S/C35H69NO4/c1-3-5-7-9-11-13-14-15-16-17-18-19-21-22-24-26-28-32(38)30-35(40)36-33(31-37)34(39)29-27-25-23-20-12-10-8-6-4-2/h27,29,32-34,37-39H,3-26,28,30-31H2,1-2H3,(H,36,40)/b29-27+. The first-order valence-electron chi connectivity index (χ1n) is 17.5. The van der Waals surface area contributed by atoms with Gasteiger partial charge in [-0.1, -0.05) is 167 Å². The van der Waals surface area contributed by atoms with E-state index in [4.69, 9.17) is 0 Å². The number of nitrogens with one attached hydrogen (secondary N) is 1. The van der Waals surface area contributed by atoms with Crippen molar-refractivity contribution in [3.05, 3.63) is 12.2 Å². The van der Waals surface area contributed by atoms with E-state index in [9.17, 15) is 20.1 Å². The second-order valence-electron chi connectivity index (χ2n) is 12.1. The van der Waals surface area contributed by atoms with Crippen LogP contribution in [-0.4, -0.2) is 46.1 Å². The highest BCUT2D eigenvalue weighted by molar-refractivity contribution is 5.76. The van der Waals surface area contributed by atoms with Gasteiger partial charge >= 0.3 is 0 Å². The van der Waals surface area contributed by atoms with Gasteiger partial charge in [-0.05, 0) is 19.3 Å². The van der Waals surface area contributed by atoms with Crippen LogP contribution in [0.3, 0.4) is 0 Å². The van der Waals surface area contributed by atoms with Gasteiger partial charge in [0.15, 0.2) is 0 Å². The molecule has 4 N–H and O–H groups in total. The van der Waals surface area contributed by atoms with Crippen LogP contribution in [0, 0.1) is 0 Å². The highest BCUT2D eigenvalue weighted by Crippen LogP contribution is 2.15. The molecule has 0 aliphatic heterocycles. The minimum atomic E-state index is -0.920. The lowest BCUT2D eigenvalue weighted by atomic mass is 10.0. The number of unbranched alkanes of at least 4 members (excludes halogenated alkanes) is 22. The molecule has 238 valence electrons. The van der Waals surface area contributed by atoms with E-state index in [0.717, 1.165) is 25.7 Å². The number of carbonyl (C=O) groups excluding carboxylic acids is 1. The molecule has 40 heavy (non-hydrogen) atoms. The number of carbonyl (C=O) groups is 1. The van der Waals surface area contributed by atoms with Crippen molar-refractivity contribution >= 4 is 5.91 Å². The first kappa shape index (κ1) is 39.1. The van der Waals surface area contributed by atoms with Crippen molar-refractivity contribution in [1.82, 2.24) is 5.32 Å². The zero-order valence-corrected chi connectivity index (χ0v) is 26.7. The lowest BCUT2D eigenvalue weighted by Gasteiger charge is -2.21. The predicted molar refractivity (Wildman–Crippen MR) is 172 cm³/mol. The molecule has 0 radical (unpaired) electrons. The maximum Gasteiger partial charge on any atom is 0.222 e. The Balaban J connectivity index is 3.69. The summed E-state index contributed by atoms with van der Waals surface area (Å²) in [6, 6.07) is -0.736. The van der Waals surface area contributed by atoms with Crippen molar-refractivity contribution in [3.63, 3.8) is 0 Å². The number of aliphatic hydroxyl groups excluding tert-OH is 3. The smallest absolute Gasteiger partial charge is 0.222 e. The highest BCUT2D eigenvalue weighted by Gasteiger charge is 2.20. The maximum atomic E-state index is 12.3. The molecule has 0 aromatic rings. The number of allylic oxidation sites excluding steroid dienone is 1. The molecule has 0 bridgehead atoms. The minimum Gasteiger partial charge on any atom is -0.394 e. The number of aliphatic hydroxyl groups is 3. The van der Waals surface area contributed by atoms with Crippen molar-refractivity contribution in [3.8, 4) is 0 Å². The topological polar surface area (TPSA) is 89.8 Å². The third-order valence-electron chi connectivity index (χ3n) is 8.07. The second kappa shape index (κ2) is 31.0. The van der Waals surface area contributed by atoms with Gasteiger partial charge in [-0.15, -0.1) is 0 Å². The molecule has 3 atom stereocenters. The van der Waals surface area contributed by atoms with E-state index in [-0.39, 0.29) is 18.9 Å². The van der Waals surface area contributed by atoms with Gasteiger partial charge < -0.3 is 20.6 Å². The molecule has 1 amide bonds. The fourth-order valence-corrected chi connectivity index (χ4v) is 5.34. The summed E-state index contributed by atoms with van der Waals surface area (Å²) in [5, 5.41) is 32.9. The zero-order chi connectivity index (χ0) is 29.5. The summed E-state index contributed by atoms with van der Waals surface area (Å²) in [5.41, 5.74) is 0. The van der Waals surface area contributed by atoms with Crippen LogP contribution in [-0.2, 0) is 4.79 Å².